The lowest BCUT2D eigenvalue weighted by Gasteiger charge is -2.20. The minimum Gasteiger partial charge on any atom is -0.474 e. The molecule has 1 atom stereocenters. The van der Waals surface area contributed by atoms with Crippen molar-refractivity contribution in [2.45, 2.75) is 60.5 Å². The molecule has 1 aromatic rings. The van der Waals surface area contributed by atoms with E-state index in [1.54, 1.807) is 0 Å². The van der Waals surface area contributed by atoms with Crippen LogP contribution in [-0.4, -0.2) is 22.6 Å². The first-order valence-electron chi connectivity index (χ1n) is 7.27. The van der Waals surface area contributed by atoms with Crippen molar-refractivity contribution in [3.63, 3.8) is 0 Å². The molecule has 0 bridgehead atoms. The molecule has 1 unspecified atom stereocenters. The zero-order valence-corrected chi connectivity index (χ0v) is 13.1. The van der Waals surface area contributed by atoms with Gasteiger partial charge in [0.15, 0.2) is 0 Å². The number of anilines is 1. The molecular weight excluding hydrogens is 238 g/mol. The SMILES string of the molecule is CCCNc1nc(CC)nc(OC(C)C(C)C)c1C. The Balaban J connectivity index is 3.01. The van der Waals surface area contributed by atoms with Gasteiger partial charge in [-0.15, -0.1) is 0 Å². The van der Waals surface area contributed by atoms with Gasteiger partial charge in [-0.25, -0.2) is 4.98 Å². The van der Waals surface area contributed by atoms with Gasteiger partial charge in [-0.1, -0.05) is 27.7 Å². The summed E-state index contributed by atoms with van der Waals surface area (Å²) in [6.45, 7) is 13.5. The molecule has 0 aliphatic rings. The molecule has 0 aromatic carbocycles. The summed E-state index contributed by atoms with van der Waals surface area (Å²) < 4.78 is 5.98. The Morgan fingerprint density at radius 1 is 1.16 bits per heavy atom. The highest BCUT2D eigenvalue weighted by Gasteiger charge is 2.15. The second-order valence-electron chi connectivity index (χ2n) is 5.27. The number of ether oxygens (including phenoxy) is 1. The lowest BCUT2D eigenvalue weighted by atomic mass is 10.1. The van der Waals surface area contributed by atoms with Crippen molar-refractivity contribution in [1.29, 1.82) is 0 Å². The van der Waals surface area contributed by atoms with Crippen LogP contribution in [0.15, 0.2) is 0 Å². The number of hydrogen-bond acceptors (Lipinski definition) is 4. The summed E-state index contributed by atoms with van der Waals surface area (Å²) in [6.07, 6.45) is 2.04. The number of rotatable bonds is 7. The summed E-state index contributed by atoms with van der Waals surface area (Å²) in [4.78, 5) is 9.05. The Morgan fingerprint density at radius 3 is 2.37 bits per heavy atom. The van der Waals surface area contributed by atoms with E-state index in [1.165, 1.54) is 0 Å². The normalized spacial score (nSPS) is 12.6. The molecule has 4 nitrogen and oxygen atoms in total. The van der Waals surface area contributed by atoms with E-state index in [0.717, 1.165) is 36.6 Å². The molecule has 0 spiro atoms. The molecule has 0 aliphatic heterocycles. The van der Waals surface area contributed by atoms with E-state index in [9.17, 15) is 0 Å². The van der Waals surface area contributed by atoms with Gasteiger partial charge in [0.25, 0.3) is 0 Å². The third-order valence-corrected chi connectivity index (χ3v) is 3.24. The number of nitrogens with one attached hydrogen (secondary N) is 1. The molecule has 19 heavy (non-hydrogen) atoms. The average Bonchev–Trinajstić information content (AvgIpc) is 2.39. The molecule has 0 aliphatic carbocycles. The standard InChI is InChI=1S/C15H27N3O/c1-7-9-16-14-11(5)15(18-13(8-2)17-14)19-12(6)10(3)4/h10,12H,7-9H2,1-6H3,(H,16,17,18). The Kier molecular flexibility index (Phi) is 6.06. The molecule has 0 saturated heterocycles. The molecule has 1 aromatic heterocycles. The van der Waals surface area contributed by atoms with E-state index >= 15 is 0 Å². The summed E-state index contributed by atoms with van der Waals surface area (Å²) in [6, 6.07) is 0. The quantitative estimate of drug-likeness (QED) is 0.818. The van der Waals surface area contributed by atoms with Crippen LogP contribution >= 0.6 is 0 Å². The van der Waals surface area contributed by atoms with Crippen LogP contribution in [-0.2, 0) is 6.42 Å². The van der Waals surface area contributed by atoms with Gasteiger partial charge in [0.2, 0.25) is 5.88 Å². The van der Waals surface area contributed by atoms with Gasteiger partial charge in [0.05, 0.1) is 11.7 Å². The average molecular weight is 265 g/mol. The van der Waals surface area contributed by atoms with E-state index < -0.39 is 0 Å². The van der Waals surface area contributed by atoms with Crippen LogP contribution in [0.5, 0.6) is 5.88 Å². The summed E-state index contributed by atoms with van der Waals surface area (Å²) >= 11 is 0. The Morgan fingerprint density at radius 2 is 1.84 bits per heavy atom. The molecule has 1 N–H and O–H groups in total. The van der Waals surface area contributed by atoms with Crippen LogP contribution in [0.4, 0.5) is 5.82 Å². The summed E-state index contributed by atoms with van der Waals surface area (Å²) in [5.41, 5.74) is 0.998. The maximum Gasteiger partial charge on any atom is 0.222 e. The van der Waals surface area contributed by atoms with E-state index in [2.05, 4.69) is 49.9 Å². The van der Waals surface area contributed by atoms with Crippen LogP contribution in [0.1, 0.15) is 52.4 Å². The predicted octanol–water partition coefficient (Wildman–Crippen LogP) is 3.59. The second-order valence-corrected chi connectivity index (χ2v) is 5.27. The van der Waals surface area contributed by atoms with Gasteiger partial charge in [0, 0.05) is 13.0 Å². The molecule has 108 valence electrons. The van der Waals surface area contributed by atoms with Gasteiger partial charge in [-0.05, 0) is 26.2 Å². The molecule has 0 saturated carbocycles. The molecule has 0 fully saturated rings. The molecule has 4 heteroatoms. The fourth-order valence-electron chi connectivity index (χ4n) is 1.54. The van der Waals surface area contributed by atoms with E-state index in [1.807, 2.05) is 6.92 Å². The van der Waals surface area contributed by atoms with Crippen LogP contribution < -0.4 is 10.1 Å². The monoisotopic (exact) mass is 265 g/mol. The maximum atomic E-state index is 5.98. The van der Waals surface area contributed by atoms with Gasteiger partial charge < -0.3 is 10.1 Å². The first-order chi connectivity index (χ1) is 8.99. The third kappa shape index (κ3) is 4.37. The first kappa shape index (κ1) is 15.7. The third-order valence-electron chi connectivity index (χ3n) is 3.24. The van der Waals surface area contributed by atoms with Crippen LogP contribution in [0.2, 0.25) is 0 Å². The fourth-order valence-corrected chi connectivity index (χ4v) is 1.54. The number of aromatic nitrogens is 2. The number of aryl methyl sites for hydroxylation is 1. The van der Waals surface area contributed by atoms with Gasteiger partial charge >= 0.3 is 0 Å². The highest BCUT2D eigenvalue weighted by atomic mass is 16.5. The fraction of sp³-hybridized carbons (Fsp3) is 0.733. The topological polar surface area (TPSA) is 47.0 Å². The summed E-state index contributed by atoms with van der Waals surface area (Å²) in [5.74, 6) is 2.91. The maximum absolute atomic E-state index is 5.98. The van der Waals surface area contributed by atoms with Crippen molar-refractivity contribution in [3.05, 3.63) is 11.4 Å². The number of nitrogens with zero attached hydrogens (tertiary/aromatic N) is 2. The van der Waals surface area contributed by atoms with Crippen LogP contribution in [0.3, 0.4) is 0 Å². The molecule has 0 amide bonds. The van der Waals surface area contributed by atoms with Crippen molar-refractivity contribution < 1.29 is 4.74 Å². The van der Waals surface area contributed by atoms with Crippen molar-refractivity contribution in [3.8, 4) is 5.88 Å². The zero-order valence-electron chi connectivity index (χ0n) is 13.1. The summed E-state index contributed by atoms with van der Waals surface area (Å²) in [7, 11) is 0. The zero-order chi connectivity index (χ0) is 14.4. The Labute approximate surface area is 117 Å². The Hall–Kier alpha value is -1.32. The highest BCUT2D eigenvalue weighted by molar-refractivity contribution is 5.48. The second kappa shape index (κ2) is 7.31. The van der Waals surface area contributed by atoms with Gasteiger partial charge in [0.1, 0.15) is 11.6 Å². The van der Waals surface area contributed by atoms with Crippen molar-refractivity contribution >= 4 is 5.82 Å². The minimum atomic E-state index is 0.150. The smallest absolute Gasteiger partial charge is 0.222 e. The molecule has 0 radical (unpaired) electrons. The van der Waals surface area contributed by atoms with E-state index in [0.29, 0.717) is 11.8 Å². The van der Waals surface area contributed by atoms with E-state index in [-0.39, 0.29) is 6.10 Å². The lowest BCUT2D eigenvalue weighted by molar-refractivity contribution is 0.161. The van der Waals surface area contributed by atoms with Crippen LogP contribution in [0, 0.1) is 12.8 Å². The lowest BCUT2D eigenvalue weighted by Crippen LogP contribution is -2.21. The van der Waals surface area contributed by atoms with E-state index in [4.69, 9.17) is 4.74 Å². The molecule has 1 rings (SSSR count). The summed E-state index contributed by atoms with van der Waals surface area (Å²) in [5, 5.41) is 3.35. The highest BCUT2D eigenvalue weighted by Crippen LogP contribution is 2.24. The largest absolute Gasteiger partial charge is 0.474 e. The van der Waals surface area contributed by atoms with Gasteiger partial charge in [-0.3, -0.25) is 0 Å². The van der Waals surface area contributed by atoms with Crippen LogP contribution in [0.25, 0.3) is 0 Å². The van der Waals surface area contributed by atoms with Crippen molar-refractivity contribution in [1.82, 2.24) is 9.97 Å². The van der Waals surface area contributed by atoms with Crippen molar-refractivity contribution in [2.75, 3.05) is 11.9 Å². The molecular formula is C15H27N3O. The van der Waals surface area contributed by atoms with Crippen molar-refractivity contribution in [2.24, 2.45) is 5.92 Å². The molecule has 1 heterocycles. The minimum absolute atomic E-state index is 0.150. The Bertz CT molecular complexity index is 405. The predicted molar refractivity (Wildman–Crippen MR) is 79.9 cm³/mol. The number of hydrogen-bond donors (Lipinski definition) is 1. The van der Waals surface area contributed by atoms with Gasteiger partial charge in [-0.2, -0.15) is 4.98 Å². The first-order valence-corrected chi connectivity index (χ1v) is 7.27.